The van der Waals surface area contributed by atoms with Gasteiger partial charge in [0.05, 0.1) is 40.1 Å². The molecule has 0 saturated heterocycles. The molecule has 0 aliphatic carbocycles. The van der Waals surface area contributed by atoms with Crippen LogP contribution in [0.1, 0.15) is 24.9 Å². The number of nitrogens with one attached hydrogen (secondary N) is 1. The largest absolute Gasteiger partial charge is 0.497 e. The first-order valence-corrected chi connectivity index (χ1v) is 7.31. The summed E-state index contributed by atoms with van der Waals surface area (Å²) in [6.45, 7) is 4.66. The average Bonchev–Trinajstić information content (AvgIpc) is 2.54. The summed E-state index contributed by atoms with van der Waals surface area (Å²) < 4.78 is 21.7. The summed E-state index contributed by atoms with van der Waals surface area (Å²) in [5.41, 5.74) is 1.05. The second-order valence-electron chi connectivity index (χ2n) is 4.64. The first-order valence-electron chi connectivity index (χ1n) is 7.31. The van der Waals surface area contributed by atoms with Crippen LogP contribution in [0.4, 0.5) is 0 Å². The van der Waals surface area contributed by atoms with E-state index in [-0.39, 0.29) is 6.04 Å². The molecule has 0 bridgehead atoms. The van der Waals surface area contributed by atoms with Gasteiger partial charge in [0, 0.05) is 18.2 Å². The van der Waals surface area contributed by atoms with Crippen molar-refractivity contribution in [2.45, 2.75) is 19.4 Å². The number of ether oxygens (including phenoxy) is 4. The lowest BCUT2D eigenvalue weighted by molar-refractivity contribution is 0.0397. The van der Waals surface area contributed by atoms with Gasteiger partial charge in [-0.2, -0.15) is 0 Å². The van der Waals surface area contributed by atoms with Gasteiger partial charge < -0.3 is 24.3 Å². The third kappa shape index (κ3) is 5.91. The van der Waals surface area contributed by atoms with E-state index in [4.69, 9.17) is 18.9 Å². The molecule has 1 N–H and O–H groups in total. The van der Waals surface area contributed by atoms with Gasteiger partial charge in [-0.3, -0.25) is 0 Å². The van der Waals surface area contributed by atoms with Crippen LogP contribution in [-0.4, -0.2) is 47.7 Å². The summed E-state index contributed by atoms with van der Waals surface area (Å²) >= 11 is 0. The van der Waals surface area contributed by atoms with E-state index >= 15 is 0 Å². The molecular weight excluding hydrogens is 270 g/mol. The second kappa shape index (κ2) is 10.4. The fourth-order valence-corrected chi connectivity index (χ4v) is 2.00. The molecule has 1 rings (SSSR count). The van der Waals surface area contributed by atoms with E-state index in [0.717, 1.165) is 30.1 Å². The maximum absolute atomic E-state index is 5.67. The van der Waals surface area contributed by atoms with Gasteiger partial charge >= 0.3 is 0 Å². The SMILES string of the molecule is CCCOCCOCC(NC)c1ccc(OC)cc1OC. The maximum Gasteiger partial charge on any atom is 0.127 e. The minimum atomic E-state index is 0.0667. The Balaban J connectivity index is 2.55. The first-order chi connectivity index (χ1) is 10.3. The molecule has 1 atom stereocenters. The van der Waals surface area contributed by atoms with Crippen LogP contribution in [0.15, 0.2) is 18.2 Å². The van der Waals surface area contributed by atoms with Gasteiger partial charge in [0.1, 0.15) is 11.5 Å². The van der Waals surface area contributed by atoms with Crippen LogP contribution in [0.2, 0.25) is 0 Å². The topological polar surface area (TPSA) is 49.0 Å². The molecule has 0 spiro atoms. The van der Waals surface area contributed by atoms with E-state index in [1.54, 1.807) is 14.2 Å². The minimum absolute atomic E-state index is 0.0667. The Labute approximate surface area is 127 Å². The van der Waals surface area contributed by atoms with E-state index in [1.807, 2.05) is 25.2 Å². The molecule has 1 aromatic rings. The van der Waals surface area contributed by atoms with Crippen molar-refractivity contribution in [3.05, 3.63) is 23.8 Å². The summed E-state index contributed by atoms with van der Waals surface area (Å²) in [5, 5.41) is 3.25. The predicted molar refractivity (Wildman–Crippen MR) is 83.3 cm³/mol. The van der Waals surface area contributed by atoms with Crippen LogP contribution < -0.4 is 14.8 Å². The zero-order valence-electron chi connectivity index (χ0n) is 13.5. The van der Waals surface area contributed by atoms with Crippen molar-refractivity contribution in [3.63, 3.8) is 0 Å². The Morgan fingerprint density at radius 1 is 1.05 bits per heavy atom. The highest BCUT2D eigenvalue weighted by molar-refractivity contribution is 5.42. The van der Waals surface area contributed by atoms with E-state index < -0.39 is 0 Å². The van der Waals surface area contributed by atoms with Crippen LogP contribution in [-0.2, 0) is 9.47 Å². The smallest absolute Gasteiger partial charge is 0.127 e. The van der Waals surface area contributed by atoms with Crippen LogP contribution >= 0.6 is 0 Å². The fourth-order valence-electron chi connectivity index (χ4n) is 2.00. The monoisotopic (exact) mass is 297 g/mol. The van der Waals surface area contributed by atoms with Gasteiger partial charge in [-0.05, 0) is 25.6 Å². The number of benzene rings is 1. The van der Waals surface area contributed by atoms with Gasteiger partial charge in [-0.1, -0.05) is 6.92 Å². The van der Waals surface area contributed by atoms with Crippen molar-refractivity contribution < 1.29 is 18.9 Å². The summed E-state index contributed by atoms with van der Waals surface area (Å²) in [4.78, 5) is 0. The zero-order chi connectivity index (χ0) is 15.5. The van der Waals surface area contributed by atoms with Gasteiger partial charge in [-0.25, -0.2) is 0 Å². The van der Waals surface area contributed by atoms with Crippen LogP contribution in [0.3, 0.4) is 0 Å². The van der Waals surface area contributed by atoms with Gasteiger partial charge in [0.25, 0.3) is 0 Å². The third-order valence-corrected chi connectivity index (χ3v) is 3.17. The third-order valence-electron chi connectivity index (χ3n) is 3.17. The summed E-state index contributed by atoms with van der Waals surface area (Å²) in [6, 6.07) is 5.86. The fraction of sp³-hybridized carbons (Fsp3) is 0.625. The Hall–Kier alpha value is -1.30. The number of hydrogen-bond donors (Lipinski definition) is 1. The number of likely N-dealkylation sites (N-methyl/N-ethyl adjacent to an activating group) is 1. The zero-order valence-corrected chi connectivity index (χ0v) is 13.5. The Kier molecular flexibility index (Phi) is 8.82. The molecule has 5 nitrogen and oxygen atoms in total. The second-order valence-corrected chi connectivity index (χ2v) is 4.64. The predicted octanol–water partition coefficient (Wildman–Crippen LogP) is 2.41. The lowest BCUT2D eigenvalue weighted by Gasteiger charge is -2.20. The molecule has 1 unspecified atom stereocenters. The lowest BCUT2D eigenvalue weighted by Crippen LogP contribution is -2.23. The highest BCUT2D eigenvalue weighted by Crippen LogP contribution is 2.29. The van der Waals surface area contributed by atoms with Gasteiger partial charge in [-0.15, -0.1) is 0 Å². The molecule has 0 fully saturated rings. The molecule has 0 heterocycles. The van der Waals surface area contributed by atoms with E-state index in [2.05, 4.69) is 12.2 Å². The molecule has 0 amide bonds. The quantitative estimate of drug-likeness (QED) is 0.636. The number of hydrogen-bond acceptors (Lipinski definition) is 5. The Morgan fingerprint density at radius 2 is 1.81 bits per heavy atom. The number of methoxy groups -OCH3 is 2. The summed E-state index contributed by atoms with van der Waals surface area (Å²) in [5.74, 6) is 1.57. The number of rotatable bonds is 11. The van der Waals surface area contributed by atoms with Crippen molar-refractivity contribution >= 4 is 0 Å². The van der Waals surface area contributed by atoms with Crippen molar-refractivity contribution in [2.75, 3.05) is 47.7 Å². The molecule has 0 saturated carbocycles. The molecular formula is C16H27NO4. The molecule has 120 valence electrons. The first kappa shape index (κ1) is 17.8. The van der Waals surface area contributed by atoms with Gasteiger partial charge in [0.15, 0.2) is 0 Å². The minimum Gasteiger partial charge on any atom is -0.497 e. The Morgan fingerprint density at radius 3 is 2.43 bits per heavy atom. The Bertz CT molecular complexity index is 398. The van der Waals surface area contributed by atoms with E-state index in [0.29, 0.717) is 19.8 Å². The molecule has 5 heteroatoms. The maximum atomic E-state index is 5.67. The van der Waals surface area contributed by atoms with Crippen LogP contribution in [0.5, 0.6) is 11.5 Å². The van der Waals surface area contributed by atoms with Crippen molar-refractivity contribution in [1.29, 1.82) is 0 Å². The molecule has 1 aromatic carbocycles. The van der Waals surface area contributed by atoms with Crippen molar-refractivity contribution in [1.82, 2.24) is 5.32 Å². The van der Waals surface area contributed by atoms with Crippen molar-refractivity contribution in [2.24, 2.45) is 0 Å². The molecule has 0 radical (unpaired) electrons. The molecule has 0 aliphatic heterocycles. The highest BCUT2D eigenvalue weighted by Gasteiger charge is 2.15. The van der Waals surface area contributed by atoms with Crippen molar-refractivity contribution in [3.8, 4) is 11.5 Å². The molecule has 0 aromatic heterocycles. The average molecular weight is 297 g/mol. The molecule has 0 aliphatic rings. The van der Waals surface area contributed by atoms with E-state index in [1.165, 1.54) is 0 Å². The van der Waals surface area contributed by atoms with Gasteiger partial charge in [0.2, 0.25) is 0 Å². The standard InChI is InChI=1S/C16H27NO4/c1-5-8-20-9-10-21-12-15(17-2)14-7-6-13(18-3)11-16(14)19-4/h6-7,11,15,17H,5,8-10,12H2,1-4H3. The van der Waals surface area contributed by atoms with Crippen LogP contribution in [0.25, 0.3) is 0 Å². The normalized spacial score (nSPS) is 12.2. The molecule has 21 heavy (non-hydrogen) atoms. The lowest BCUT2D eigenvalue weighted by atomic mass is 10.1. The summed E-state index contributed by atoms with van der Waals surface area (Å²) in [6.07, 6.45) is 1.03. The van der Waals surface area contributed by atoms with E-state index in [9.17, 15) is 0 Å². The summed E-state index contributed by atoms with van der Waals surface area (Å²) in [7, 11) is 5.21. The van der Waals surface area contributed by atoms with Crippen LogP contribution in [0, 0.1) is 0 Å². The highest BCUT2D eigenvalue weighted by atomic mass is 16.5.